The summed E-state index contributed by atoms with van der Waals surface area (Å²) in [5, 5.41) is 0. The molecule has 0 aromatic heterocycles. The molecular weight excluding hydrogens is 269 g/mol. The van der Waals surface area contributed by atoms with Gasteiger partial charge in [0.2, 0.25) is 5.91 Å². The first kappa shape index (κ1) is 15.9. The van der Waals surface area contributed by atoms with Gasteiger partial charge in [-0.25, -0.2) is 4.39 Å². The third-order valence-corrected chi connectivity index (χ3v) is 4.28. The zero-order valence-corrected chi connectivity index (χ0v) is 12.8. The van der Waals surface area contributed by atoms with Crippen LogP contribution in [0.25, 0.3) is 0 Å². The number of likely N-dealkylation sites (tertiary alicyclic amines) is 1. The van der Waals surface area contributed by atoms with Crippen LogP contribution in [0.2, 0.25) is 0 Å². The van der Waals surface area contributed by atoms with Gasteiger partial charge in [-0.1, -0.05) is 25.1 Å². The largest absolute Gasteiger partial charge is 0.340 e. The summed E-state index contributed by atoms with van der Waals surface area (Å²) in [4.78, 5) is 16.0. The van der Waals surface area contributed by atoms with Gasteiger partial charge in [-0.15, -0.1) is 0 Å². The molecule has 116 valence electrons. The van der Waals surface area contributed by atoms with Crippen LogP contribution < -0.4 is 5.73 Å². The summed E-state index contributed by atoms with van der Waals surface area (Å²) in [5.41, 5.74) is 6.43. The quantitative estimate of drug-likeness (QED) is 0.894. The fraction of sp³-hybridized carbons (Fsp3) is 0.562. The first-order valence-corrected chi connectivity index (χ1v) is 7.33. The maximum absolute atomic E-state index is 13.6. The fourth-order valence-corrected chi connectivity index (χ4v) is 2.71. The molecule has 2 rings (SSSR count). The zero-order chi connectivity index (χ0) is 15.5. The second kappa shape index (κ2) is 6.54. The van der Waals surface area contributed by atoms with Crippen molar-refractivity contribution in [3.63, 3.8) is 0 Å². The third kappa shape index (κ3) is 4.02. The minimum Gasteiger partial charge on any atom is -0.340 e. The molecule has 1 amide bonds. The Labute approximate surface area is 125 Å². The van der Waals surface area contributed by atoms with Crippen molar-refractivity contribution in [2.75, 3.05) is 33.2 Å². The highest BCUT2D eigenvalue weighted by Gasteiger charge is 2.33. The van der Waals surface area contributed by atoms with Crippen LogP contribution in [0, 0.1) is 11.2 Å². The third-order valence-electron chi connectivity index (χ3n) is 4.28. The van der Waals surface area contributed by atoms with Gasteiger partial charge in [0, 0.05) is 25.7 Å². The molecule has 1 aromatic carbocycles. The van der Waals surface area contributed by atoms with Gasteiger partial charge in [0.25, 0.3) is 0 Å². The molecule has 5 heteroatoms. The smallest absolute Gasteiger partial charge is 0.236 e. The van der Waals surface area contributed by atoms with Gasteiger partial charge >= 0.3 is 0 Å². The number of carbonyl (C=O) groups is 1. The number of rotatable bonds is 5. The molecule has 21 heavy (non-hydrogen) atoms. The van der Waals surface area contributed by atoms with Crippen LogP contribution in [0.5, 0.6) is 0 Å². The molecule has 2 N–H and O–H groups in total. The molecule has 1 fully saturated rings. The Morgan fingerprint density at radius 2 is 2.19 bits per heavy atom. The molecule has 1 saturated heterocycles. The number of nitrogens with two attached hydrogens (primary N) is 1. The number of benzene rings is 1. The SMILES string of the molecule is CN(Cc1ccccc1F)C(=O)CN1CCC(C)(CN)C1. The van der Waals surface area contributed by atoms with Crippen LogP contribution in [0.1, 0.15) is 18.9 Å². The predicted octanol–water partition coefficient (Wildman–Crippen LogP) is 1.45. The first-order chi connectivity index (χ1) is 9.93. The van der Waals surface area contributed by atoms with Gasteiger partial charge in [-0.05, 0) is 31.0 Å². The monoisotopic (exact) mass is 293 g/mol. The van der Waals surface area contributed by atoms with Crippen molar-refractivity contribution in [2.24, 2.45) is 11.1 Å². The molecular formula is C16H24FN3O. The molecule has 4 nitrogen and oxygen atoms in total. The van der Waals surface area contributed by atoms with Crippen LogP contribution in [0.4, 0.5) is 4.39 Å². The van der Waals surface area contributed by atoms with Crippen molar-refractivity contribution in [2.45, 2.75) is 19.9 Å². The number of likely N-dealkylation sites (N-methyl/N-ethyl adjacent to an activating group) is 1. The molecule has 1 atom stereocenters. The highest BCUT2D eigenvalue weighted by Crippen LogP contribution is 2.28. The summed E-state index contributed by atoms with van der Waals surface area (Å²) in [6, 6.07) is 6.56. The van der Waals surface area contributed by atoms with E-state index in [1.807, 2.05) is 0 Å². The number of hydrogen-bond acceptors (Lipinski definition) is 3. The van der Waals surface area contributed by atoms with Crippen LogP contribution >= 0.6 is 0 Å². The standard InChI is InChI=1S/C16H24FN3O/c1-16(11-18)7-8-20(12-16)10-15(21)19(2)9-13-5-3-4-6-14(13)17/h3-6H,7-12,18H2,1-2H3. The summed E-state index contributed by atoms with van der Waals surface area (Å²) < 4.78 is 13.6. The summed E-state index contributed by atoms with van der Waals surface area (Å²) in [5.74, 6) is -0.256. The Morgan fingerprint density at radius 1 is 1.48 bits per heavy atom. The highest BCUT2D eigenvalue weighted by molar-refractivity contribution is 5.78. The molecule has 0 aliphatic carbocycles. The molecule has 0 spiro atoms. The molecule has 0 saturated carbocycles. The fourth-order valence-electron chi connectivity index (χ4n) is 2.71. The van der Waals surface area contributed by atoms with Gasteiger partial charge in [0.1, 0.15) is 5.82 Å². The molecule has 1 aliphatic rings. The van der Waals surface area contributed by atoms with E-state index in [9.17, 15) is 9.18 Å². The molecule has 0 bridgehead atoms. The Hall–Kier alpha value is -1.46. The molecule has 1 aliphatic heterocycles. The van der Waals surface area contributed by atoms with E-state index in [1.165, 1.54) is 6.07 Å². The van der Waals surface area contributed by atoms with E-state index in [0.29, 0.717) is 25.2 Å². The minimum atomic E-state index is -0.269. The lowest BCUT2D eigenvalue weighted by Crippen LogP contribution is -2.39. The van der Waals surface area contributed by atoms with Crippen LogP contribution in [0.15, 0.2) is 24.3 Å². The van der Waals surface area contributed by atoms with Crippen molar-refractivity contribution < 1.29 is 9.18 Å². The first-order valence-electron chi connectivity index (χ1n) is 7.33. The van der Waals surface area contributed by atoms with Crippen LogP contribution in [-0.2, 0) is 11.3 Å². The van der Waals surface area contributed by atoms with Crippen LogP contribution in [-0.4, -0.2) is 48.9 Å². The van der Waals surface area contributed by atoms with Crippen LogP contribution in [0.3, 0.4) is 0 Å². The van der Waals surface area contributed by atoms with E-state index < -0.39 is 0 Å². The Balaban J connectivity index is 1.88. The van der Waals surface area contributed by atoms with Crippen molar-refractivity contribution >= 4 is 5.91 Å². The van der Waals surface area contributed by atoms with E-state index in [4.69, 9.17) is 5.73 Å². The average Bonchev–Trinajstić information content (AvgIpc) is 2.83. The van der Waals surface area contributed by atoms with E-state index >= 15 is 0 Å². The Morgan fingerprint density at radius 3 is 2.81 bits per heavy atom. The zero-order valence-electron chi connectivity index (χ0n) is 12.8. The Bertz CT molecular complexity index is 508. The van der Waals surface area contributed by atoms with Crippen molar-refractivity contribution in [3.8, 4) is 0 Å². The summed E-state index contributed by atoms with van der Waals surface area (Å²) in [6.07, 6.45) is 1.02. The summed E-state index contributed by atoms with van der Waals surface area (Å²) >= 11 is 0. The molecule has 1 unspecified atom stereocenters. The lowest BCUT2D eigenvalue weighted by atomic mass is 9.90. The summed E-state index contributed by atoms with van der Waals surface area (Å²) in [6.45, 7) is 5.22. The van der Waals surface area contributed by atoms with E-state index in [1.54, 1.807) is 30.1 Å². The minimum absolute atomic E-state index is 0.0134. The number of hydrogen-bond donors (Lipinski definition) is 1. The lowest BCUT2D eigenvalue weighted by Gasteiger charge is -2.24. The second-order valence-corrected chi connectivity index (χ2v) is 6.32. The normalized spacial score (nSPS) is 22.5. The number of carbonyl (C=O) groups excluding carboxylic acids is 1. The molecule has 1 heterocycles. The van der Waals surface area contributed by atoms with E-state index in [-0.39, 0.29) is 17.1 Å². The number of halogens is 1. The number of nitrogens with zero attached hydrogens (tertiary/aromatic N) is 2. The lowest BCUT2D eigenvalue weighted by molar-refractivity contribution is -0.131. The van der Waals surface area contributed by atoms with Gasteiger partial charge in [-0.2, -0.15) is 0 Å². The average molecular weight is 293 g/mol. The molecule has 1 aromatic rings. The topological polar surface area (TPSA) is 49.6 Å². The second-order valence-electron chi connectivity index (χ2n) is 6.32. The van der Waals surface area contributed by atoms with Gasteiger partial charge in [0.05, 0.1) is 6.54 Å². The van der Waals surface area contributed by atoms with Gasteiger partial charge in [-0.3, -0.25) is 9.69 Å². The van der Waals surface area contributed by atoms with Gasteiger partial charge in [0.15, 0.2) is 0 Å². The van der Waals surface area contributed by atoms with Gasteiger partial charge < -0.3 is 10.6 Å². The predicted molar refractivity (Wildman–Crippen MR) is 81.1 cm³/mol. The molecule has 0 radical (unpaired) electrons. The maximum atomic E-state index is 13.6. The highest BCUT2D eigenvalue weighted by atomic mass is 19.1. The Kier molecular flexibility index (Phi) is 4.96. The van der Waals surface area contributed by atoms with E-state index in [2.05, 4.69) is 11.8 Å². The van der Waals surface area contributed by atoms with Crippen molar-refractivity contribution in [1.29, 1.82) is 0 Å². The van der Waals surface area contributed by atoms with Crippen molar-refractivity contribution in [3.05, 3.63) is 35.6 Å². The van der Waals surface area contributed by atoms with E-state index in [0.717, 1.165) is 19.5 Å². The summed E-state index contributed by atoms with van der Waals surface area (Å²) in [7, 11) is 1.72. The number of amides is 1. The maximum Gasteiger partial charge on any atom is 0.236 e. The van der Waals surface area contributed by atoms with Crippen molar-refractivity contribution in [1.82, 2.24) is 9.80 Å².